The van der Waals surface area contributed by atoms with Crippen LogP contribution in [0.5, 0.6) is 0 Å². The minimum absolute atomic E-state index is 0.169. The number of amides is 3. The Bertz CT molecular complexity index is 952. The molecule has 3 rings (SSSR count). The van der Waals surface area contributed by atoms with Crippen molar-refractivity contribution in [1.29, 1.82) is 0 Å². The molecule has 0 radical (unpaired) electrons. The van der Waals surface area contributed by atoms with Gasteiger partial charge >= 0.3 is 6.03 Å². The smallest absolute Gasteiger partial charge is 0.325 e. The van der Waals surface area contributed by atoms with Gasteiger partial charge in [-0.05, 0) is 38.8 Å². The lowest BCUT2D eigenvalue weighted by Crippen LogP contribution is -2.43. The number of nitrogens with zero attached hydrogens (tertiary/aromatic N) is 3. The number of urea groups is 1. The number of carbonyl (C=O) groups is 2. The van der Waals surface area contributed by atoms with Gasteiger partial charge in [-0.3, -0.25) is 14.7 Å². The predicted octanol–water partition coefficient (Wildman–Crippen LogP) is 2.43. The van der Waals surface area contributed by atoms with E-state index in [2.05, 4.69) is 25.9 Å². The average molecular weight is 427 g/mol. The molecule has 9 heteroatoms. The molecular formula is C22H30N6O3. The minimum atomic E-state index is -0.795. The summed E-state index contributed by atoms with van der Waals surface area (Å²) in [5, 5.41) is 9.13. The summed E-state index contributed by atoms with van der Waals surface area (Å²) in [5.74, 6) is 1.01. The number of nitrogens with one attached hydrogen (secondary N) is 3. The number of aryl methyl sites for hydroxylation is 1. The second-order valence-corrected chi connectivity index (χ2v) is 7.79. The molecule has 1 aromatic heterocycles. The molecule has 0 spiro atoms. The molecule has 1 aliphatic heterocycles. The molecule has 3 amide bonds. The van der Waals surface area contributed by atoms with Crippen molar-refractivity contribution in [3.63, 3.8) is 0 Å². The van der Waals surface area contributed by atoms with Crippen LogP contribution in [0.4, 0.5) is 4.79 Å². The van der Waals surface area contributed by atoms with Crippen molar-refractivity contribution < 1.29 is 14.0 Å². The number of imide groups is 1. The van der Waals surface area contributed by atoms with Gasteiger partial charge in [-0.15, -0.1) is 0 Å². The normalized spacial score (nSPS) is 19.0. The lowest BCUT2D eigenvalue weighted by atomic mass is 9.99. The van der Waals surface area contributed by atoms with Crippen molar-refractivity contribution in [1.82, 2.24) is 25.8 Å². The van der Waals surface area contributed by atoms with E-state index in [1.807, 2.05) is 38.1 Å². The van der Waals surface area contributed by atoms with Crippen molar-refractivity contribution >= 4 is 17.9 Å². The zero-order valence-electron chi connectivity index (χ0n) is 18.5. The molecule has 166 valence electrons. The monoisotopic (exact) mass is 426 g/mol. The Labute approximate surface area is 182 Å². The molecule has 0 saturated carbocycles. The Balaban J connectivity index is 1.43. The number of guanidine groups is 1. The first-order valence-electron chi connectivity index (χ1n) is 10.5. The summed E-state index contributed by atoms with van der Waals surface area (Å²) in [6.45, 7) is 7.05. The van der Waals surface area contributed by atoms with E-state index in [0.717, 1.165) is 11.3 Å². The summed E-state index contributed by atoms with van der Waals surface area (Å²) in [7, 11) is 1.68. The van der Waals surface area contributed by atoms with Gasteiger partial charge in [0.25, 0.3) is 5.91 Å². The highest BCUT2D eigenvalue weighted by molar-refractivity contribution is 6.06. The van der Waals surface area contributed by atoms with Crippen LogP contribution < -0.4 is 16.0 Å². The van der Waals surface area contributed by atoms with Crippen LogP contribution >= 0.6 is 0 Å². The van der Waals surface area contributed by atoms with Gasteiger partial charge in [0.2, 0.25) is 5.89 Å². The summed E-state index contributed by atoms with van der Waals surface area (Å²) in [4.78, 5) is 34.4. The van der Waals surface area contributed by atoms with Gasteiger partial charge < -0.3 is 20.4 Å². The van der Waals surface area contributed by atoms with Gasteiger partial charge in [-0.2, -0.15) is 0 Å². The van der Waals surface area contributed by atoms with Gasteiger partial charge in [0, 0.05) is 25.7 Å². The molecule has 31 heavy (non-hydrogen) atoms. The first-order valence-corrected chi connectivity index (χ1v) is 10.5. The van der Waals surface area contributed by atoms with E-state index in [0.29, 0.717) is 44.3 Å². The second-order valence-electron chi connectivity index (χ2n) is 7.79. The Morgan fingerprint density at radius 2 is 2.00 bits per heavy atom. The highest BCUT2D eigenvalue weighted by Gasteiger charge is 2.45. The third-order valence-electron chi connectivity index (χ3n) is 5.41. The first-order chi connectivity index (χ1) is 14.9. The fourth-order valence-corrected chi connectivity index (χ4v) is 3.25. The maximum Gasteiger partial charge on any atom is 0.325 e. The summed E-state index contributed by atoms with van der Waals surface area (Å²) in [5.41, 5.74) is 2.08. The molecule has 1 unspecified atom stereocenters. The number of rotatable bonds is 8. The van der Waals surface area contributed by atoms with E-state index in [1.54, 1.807) is 20.2 Å². The number of hydrogen-bond acceptors (Lipinski definition) is 5. The number of carbonyl (C=O) groups excluding carboxylic acids is 2. The van der Waals surface area contributed by atoms with Crippen molar-refractivity contribution in [2.24, 2.45) is 4.99 Å². The summed E-state index contributed by atoms with van der Waals surface area (Å²) < 4.78 is 5.57. The van der Waals surface area contributed by atoms with Crippen LogP contribution in [0.15, 0.2) is 39.9 Å². The van der Waals surface area contributed by atoms with E-state index >= 15 is 0 Å². The van der Waals surface area contributed by atoms with Crippen LogP contribution in [-0.4, -0.2) is 53.5 Å². The third kappa shape index (κ3) is 5.22. The van der Waals surface area contributed by atoms with Crippen LogP contribution in [-0.2, 0) is 11.3 Å². The number of benzene rings is 1. The lowest BCUT2D eigenvalue weighted by Gasteiger charge is -2.19. The van der Waals surface area contributed by atoms with Crippen LogP contribution in [0, 0.1) is 6.92 Å². The van der Waals surface area contributed by atoms with Crippen molar-refractivity contribution in [3.05, 3.63) is 41.8 Å². The zero-order valence-corrected chi connectivity index (χ0v) is 18.5. The second kappa shape index (κ2) is 9.63. The lowest BCUT2D eigenvalue weighted by molar-refractivity contribution is -0.130. The van der Waals surface area contributed by atoms with Crippen molar-refractivity contribution in [2.45, 2.75) is 45.7 Å². The first kappa shape index (κ1) is 22.3. The Morgan fingerprint density at radius 1 is 1.26 bits per heavy atom. The van der Waals surface area contributed by atoms with E-state index in [4.69, 9.17) is 4.42 Å². The molecule has 2 aromatic rings. The summed E-state index contributed by atoms with van der Waals surface area (Å²) in [6.07, 6.45) is 2.80. The van der Waals surface area contributed by atoms with Crippen LogP contribution in [0.3, 0.4) is 0 Å². The quantitative estimate of drug-likeness (QED) is 0.259. The summed E-state index contributed by atoms with van der Waals surface area (Å²) in [6, 6.07) is 7.67. The Hall–Kier alpha value is -3.36. The number of oxazole rings is 1. The molecule has 1 saturated heterocycles. The molecule has 9 nitrogen and oxygen atoms in total. The molecule has 1 atom stereocenters. The molecule has 2 heterocycles. The topological polar surface area (TPSA) is 112 Å². The highest BCUT2D eigenvalue weighted by atomic mass is 16.3. The largest absolute Gasteiger partial charge is 0.444 e. The van der Waals surface area contributed by atoms with Crippen molar-refractivity contribution in [2.75, 3.05) is 20.1 Å². The molecule has 0 bridgehead atoms. The van der Waals surface area contributed by atoms with E-state index in [1.165, 1.54) is 10.5 Å². The highest BCUT2D eigenvalue weighted by Crippen LogP contribution is 2.21. The van der Waals surface area contributed by atoms with Gasteiger partial charge in [-0.1, -0.05) is 24.6 Å². The third-order valence-corrected chi connectivity index (χ3v) is 5.41. The fourth-order valence-electron chi connectivity index (χ4n) is 3.25. The molecule has 0 aliphatic carbocycles. The van der Waals surface area contributed by atoms with E-state index in [9.17, 15) is 9.59 Å². The summed E-state index contributed by atoms with van der Waals surface area (Å²) >= 11 is 0. The van der Waals surface area contributed by atoms with Gasteiger partial charge in [0.15, 0.2) is 5.96 Å². The molecular weight excluding hydrogens is 396 g/mol. The molecule has 1 aliphatic rings. The van der Waals surface area contributed by atoms with E-state index < -0.39 is 5.54 Å². The number of hydrogen-bond donors (Lipinski definition) is 3. The molecule has 1 fully saturated rings. The van der Waals surface area contributed by atoms with Gasteiger partial charge in [-0.25, -0.2) is 9.78 Å². The molecule has 3 N–H and O–H groups in total. The molecule has 1 aromatic carbocycles. The SMILES string of the molecule is CCC1(C)NC(=O)N(CCCNC(=NC)NCc2coc(-c3ccc(C)cc3)n2)C1=O. The average Bonchev–Trinajstić information content (AvgIpc) is 3.32. The predicted molar refractivity (Wildman–Crippen MR) is 118 cm³/mol. The minimum Gasteiger partial charge on any atom is -0.444 e. The van der Waals surface area contributed by atoms with Crippen LogP contribution in [0.1, 0.15) is 37.9 Å². The zero-order chi connectivity index (χ0) is 22.4. The van der Waals surface area contributed by atoms with Crippen LogP contribution in [0.2, 0.25) is 0 Å². The number of aliphatic imine (C=N–C) groups is 1. The van der Waals surface area contributed by atoms with E-state index in [-0.39, 0.29) is 11.9 Å². The maximum absolute atomic E-state index is 12.4. The van der Waals surface area contributed by atoms with Crippen molar-refractivity contribution in [3.8, 4) is 11.5 Å². The Kier molecular flexibility index (Phi) is 6.94. The maximum atomic E-state index is 12.4. The van der Waals surface area contributed by atoms with Crippen LogP contribution in [0.25, 0.3) is 11.5 Å². The Morgan fingerprint density at radius 3 is 2.65 bits per heavy atom. The standard InChI is InChI=1S/C22H30N6O3/c1-5-22(3)19(29)28(21(30)27-22)12-6-11-24-20(23-4)25-13-17-14-31-18(26-17)16-9-7-15(2)8-10-16/h7-10,14H,5-6,11-13H2,1-4H3,(H,27,30)(H2,23,24,25). The van der Waals surface area contributed by atoms with Gasteiger partial charge in [0.05, 0.1) is 12.2 Å². The van der Waals surface area contributed by atoms with Gasteiger partial charge in [0.1, 0.15) is 11.8 Å². The fraction of sp³-hybridized carbons (Fsp3) is 0.455. The number of aromatic nitrogens is 1.